The van der Waals surface area contributed by atoms with Crippen LogP contribution in [0, 0.1) is 6.92 Å². The molecule has 1 N–H and O–H groups in total. The third-order valence-corrected chi connectivity index (χ3v) is 6.31. The quantitative estimate of drug-likeness (QED) is 0.365. The fraction of sp³-hybridized carbons (Fsp3) is 0.231. The Morgan fingerprint density at radius 1 is 1.05 bits per heavy atom. The van der Waals surface area contributed by atoms with Crippen molar-refractivity contribution < 1.29 is 17.9 Å². The minimum atomic E-state index is -4.59. The van der Waals surface area contributed by atoms with Crippen molar-refractivity contribution in [2.75, 3.05) is 19.5 Å². The fourth-order valence-corrected chi connectivity index (χ4v) is 4.51. The van der Waals surface area contributed by atoms with Crippen molar-refractivity contribution in [3.05, 3.63) is 76.2 Å². The maximum atomic E-state index is 13.3. The number of anilines is 1. The van der Waals surface area contributed by atoms with Crippen LogP contribution in [-0.2, 0) is 24.6 Å². The fourth-order valence-electron chi connectivity index (χ4n) is 4.51. The second-order valence-electron chi connectivity index (χ2n) is 8.61. The van der Waals surface area contributed by atoms with Crippen LogP contribution >= 0.6 is 0 Å². The Hall–Kier alpha value is -4.25. The van der Waals surface area contributed by atoms with Crippen molar-refractivity contribution in [3.63, 3.8) is 0 Å². The largest absolute Gasteiger partial charge is 0.433 e. The number of ether oxygens (including phenoxy) is 1. The molecule has 0 radical (unpaired) electrons. The van der Waals surface area contributed by atoms with Gasteiger partial charge in [-0.2, -0.15) is 13.2 Å². The lowest BCUT2D eigenvalue weighted by Crippen LogP contribution is -2.22. The molecule has 0 aliphatic carbocycles. The van der Waals surface area contributed by atoms with E-state index in [2.05, 4.69) is 20.3 Å². The summed E-state index contributed by atoms with van der Waals surface area (Å²) in [5.41, 5.74) is 3.17. The number of nitrogens with one attached hydrogen (secondary N) is 1. The summed E-state index contributed by atoms with van der Waals surface area (Å²) in [6, 6.07) is 9.78. The Labute approximate surface area is 209 Å². The molecule has 0 fully saturated rings. The average Bonchev–Trinajstić information content (AvgIpc) is 3.13. The first kappa shape index (κ1) is 24.4. The standard InChI is InChI=1S/C26H23F3N6O2/c1-14-20(7-8-22(33-14)26(27,28)29)35-23-18-10-15(16-9-17(13-37-4)24(30-2)32-11-16)5-6-19(18)31-12-21(23)34(3)25(35)36/h5-12H,13H2,1-4H3,(H,30,32). The van der Waals surface area contributed by atoms with E-state index < -0.39 is 17.6 Å². The molecule has 11 heteroatoms. The van der Waals surface area contributed by atoms with Crippen LogP contribution in [0.1, 0.15) is 17.0 Å². The van der Waals surface area contributed by atoms with E-state index >= 15 is 0 Å². The van der Waals surface area contributed by atoms with Crippen LogP contribution in [0.5, 0.6) is 0 Å². The number of alkyl halides is 3. The molecule has 1 aromatic carbocycles. The van der Waals surface area contributed by atoms with Gasteiger partial charge in [0.05, 0.1) is 40.7 Å². The summed E-state index contributed by atoms with van der Waals surface area (Å²) in [7, 11) is 4.99. The predicted octanol–water partition coefficient (Wildman–Crippen LogP) is 4.85. The molecule has 190 valence electrons. The summed E-state index contributed by atoms with van der Waals surface area (Å²) in [5.74, 6) is 0.706. The number of aryl methyl sites for hydroxylation is 2. The van der Waals surface area contributed by atoms with E-state index in [-0.39, 0.29) is 11.4 Å². The molecule has 37 heavy (non-hydrogen) atoms. The third-order valence-electron chi connectivity index (χ3n) is 6.31. The lowest BCUT2D eigenvalue weighted by atomic mass is 10.0. The first-order valence-corrected chi connectivity index (χ1v) is 11.4. The molecule has 0 unspecified atom stereocenters. The number of halogens is 3. The molecule has 0 aliphatic rings. The second kappa shape index (κ2) is 9.00. The zero-order valence-electron chi connectivity index (χ0n) is 20.5. The first-order valence-electron chi connectivity index (χ1n) is 11.4. The number of benzene rings is 1. The summed E-state index contributed by atoms with van der Waals surface area (Å²) in [6.45, 7) is 1.83. The SMILES string of the molecule is CNc1ncc(-c2ccc3ncc4c(c3c2)n(-c2ccc(C(F)(F)F)nc2C)c(=O)n4C)cc1COC. The van der Waals surface area contributed by atoms with E-state index in [4.69, 9.17) is 4.74 Å². The number of nitrogens with zero attached hydrogens (tertiary/aromatic N) is 5. The number of fused-ring (bicyclic) bond motifs is 3. The van der Waals surface area contributed by atoms with E-state index in [0.717, 1.165) is 22.8 Å². The molecule has 0 aliphatic heterocycles. The molecule has 0 spiro atoms. The van der Waals surface area contributed by atoms with Gasteiger partial charge in [0.15, 0.2) is 0 Å². The van der Waals surface area contributed by atoms with E-state index in [0.29, 0.717) is 34.4 Å². The molecule has 0 bridgehead atoms. The van der Waals surface area contributed by atoms with Gasteiger partial charge < -0.3 is 10.1 Å². The second-order valence-corrected chi connectivity index (χ2v) is 8.61. The monoisotopic (exact) mass is 508 g/mol. The van der Waals surface area contributed by atoms with Gasteiger partial charge in [0.1, 0.15) is 11.5 Å². The Bertz CT molecular complexity index is 1720. The Kier molecular flexibility index (Phi) is 5.95. The molecule has 0 amide bonds. The molecule has 8 nitrogen and oxygen atoms in total. The number of pyridine rings is 3. The van der Waals surface area contributed by atoms with E-state index in [1.165, 1.54) is 22.1 Å². The summed E-state index contributed by atoms with van der Waals surface area (Å²) < 4.78 is 47.8. The number of hydrogen-bond acceptors (Lipinski definition) is 6. The normalized spacial score (nSPS) is 12.0. The van der Waals surface area contributed by atoms with Crippen molar-refractivity contribution in [2.24, 2.45) is 7.05 Å². The van der Waals surface area contributed by atoms with Gasteiger partial charge in [-0.05, 0) is 42.8 Å². The molecule has 4 heterocycles. The molecular formula is C26H23F3N6O2. The van der Waals surface area contributed by atoms with Gasteiger partial charge in [-0.3, -0.25) is 14.1 Å². The smallest absolute Gasteiger partial charge is 0.380 e. The van der Waals surface area contributed by atoms with Gasteiger partial charge in [-0.25, -0.2) is 14.8 Å². The van der Waals surface area contributed by atoms with E-state index in [1.54, 1.807) is 33.6 Å². The number of aromatic nitrogens is 5. The summed E-state index contributed by atoms with van der Waals surface area (Å²) >= 11 is 0. The Morgan fingerprint density at radius 2 is 1.84 bits per heavy atom. The summed E-state index contributed by atoms with van der Waals surface area (Å²) in [5, 5.41) is 3.71. The van der Waals surface area contributed by atoms with Crippen molar-refractivity contribution in [1.29, 1.82) is 0 Å². The molecule has 0 saturated heterocycles. The van der Waals surface area contributed by atoms with Crippen LogP contribution < -0.4 is 11.0 Å². The lowest BCUT2D eigenvalue weighted by molar-refractivity contribution is -0.141. The number of rotatable bonds is 5. The maximum absolute atomic E-state index is 13.3. The zero-order chi connectivity index (χ0) is 26.5. The zero-order valence-corrected chi connectivity index (χ0v) is 20.5. The van der Waals surface area contributed by atoms with E-state index in [9.17, 15) is 18.0 Å². The molecule has 5 aromatic rings. The van der Waals surface area contributed by atoms with Crippen molar-refractivity contribution in [1.82, 2.24) is 24.1 Å². The van der Waals surface area contributed by atoms with Crippen LogP contribution in [-0.4, -0.2) is 38.2 Å². The number of hydrogen-bond donors (Lipinski definition) is 1. The third kappa shape index (κ3) is 4.10. The van der Waals surface area contributed by atoms with Crippen LogP contribution in [0.15, 0.2) is 53.6 Å². The van der Waals surface area contributed by atoms with Crippen molar-refractivity contribution in [2.45, 2.75) is 19.7 Å². The minimum Gasteiger partial charge on any atom is -0.380 e. The van der Waals surface area contributed by atoms with Gasteiger partial charge in [0.2, 0.25) is 0 Å². The van der Waals surface area contributed by atoms with Gasteiger partial charge in [0, 0.05) is 43.9 Å². The van der Waals surface area contributed by atoms with E-state index in [1.807, 2.05) is 24.3 Å². The van der Waals surface area contributed by atoms with Crippen LogP contribution in [0.3, 0.4) is 0 Å². The van der Waals surface area contributed by atoms with Gasteiger partial charge >= 0.3 is 11.9 Å². The maximum Gasteiger partial charge on any atom is 0.433 e. The lowest BCUT2D eigenvalue weighted by Gasteiger charge is -2.13. The molecular weight excluding hydrogens is 485 g/mol. The van der Waals surface area contributed by atoms with Crippen molar-refractivity contribution >= 4 is 27.8 Å². The first-order chi connectivity index (χ1) is 17.6. The topological polar surface area (TPSA) is 86.9 Å². The van der Waals surface area contributed by atoms with Gasteiger partial charge in [-0.1, -0.05) is 6.07 Å². The highest BCUT2D eigenvalue weighted by atomic mass is 19.4. The number of methoxy groups -OCH3 is 1. The molecule has 4 aromatic heterocycles. The average molecular weight is 509 g/mol. The van der Waals surface area contributed by atoms with Crippen LogP contribution in [0.2, 0.25) is 0 Å². The van der Waals surface area contributed by atoms with Gasteiger partial charge in [-0.15, -0.1) is 0 Å². The van der Waals surface area contributed by atoms with Gasteiger partial charge in [0.25, 0.3) is 0 Å². The van der Waals surface area contributed by atoms with Crippen LogP contribution in [0.4, 0.5) is 19.0 Å². The van der Waals surface area contributed by atoms with Crippen molar-refractivity contribution in [3.8, 4) is 16.8 Å². The van der Waals surface area contributed by atoms with Crippen LogP contribution in [0.25, 0.3) is 38.8 Å². The highest BCUT2D eigenvalue weighted by molar-refractivity contribution is 6.04. The Balaban J connectivity index is 1.77. The predicted molar refractivity (Wildman–Crippen MR) is 135 cm³/mol. The molecule has 0 atom stereocenters. The Morgan fingerprint density at radius 3 is 2.51 bits per heavy atom. The molecule has 5 rings (SSSR count). The number of imidazole rings is 1. The minimum absolute atomic E-state index is 0.0848. The highest BCUT2D eigenvalue weighted by Crippen LogP contribution is 2.33. The molecule has 0 saturated carbocycles. The summed E-state index contributed by atoms with van der Waals surface area (Å²) in [6.07, 6.45) is -1.26. The summed E-state index contributed by atoms with van der Waals surface area (Å²) in [4.78, 5) is 26.1. The highest BCUT2D eigenvalue weighted by Gasteiger charge is 2.33.